The van der Waals surface area contributed by atoms with Crippen LogP contribution in [-0.2, 0) is 14.3 Å². The van der Waals surface area contributed by atoms with Gasteiger partial charge in [0, 0.05) is 5.56 Å². The lowest BCUT2D eigenvalue weighted by atomic mass is 10.0. The zero-order chi connectivity index (χ0) is 18.7. The summed E-state index contributed by atoms with van der Waals surface area (Å²) in [6, 6.07) is 11.8. The molecule has 0 spiro atoms. The third-order valence-electron chi connectivity index (χ3n) is 3.89. The molecule has 1 amide bonds. The summed E-state index contributed by atoms with van der Waals surface area (Å²) in [5.74, 6) is -0.118. The Labute approximate surface area is 160 Å². The van der Waals surface area contributed by atoms with Gasteiger partial charge in [0.05, 0.1) is 18.6 Å². The van der Waals surface area contributed by atoms with Crippen molar-refractivity contribution < 1.29 is 19.1 Å². The first-order valence-corrected chi connectivity index (χ1v) is 9.24. The quantitative estimate of drug-likeness (QED) is 0.444. The third-order valence-corrected chi connectivity index (χ3v) is 5.27. The van der Waals surface area contributed by atoms with Crippen molar-refractivity contribution in [2.24, 2.45) is 0 Å². The fourth-order valence-electron chi connectivity index (χ4n) is 2.67. The maximum atomic E-state index is 12.7. The summed E-state index contributed by atoms with van der Waals surface area (Å²) < 4.78 is 10.7. The topological polar surface area (TPSA) is 55.8 Å². The van der Waals surface area contributed by atoms with Crippen molar-refractivity contribution in [3.05, 3.63) is 46.9 Å². The summed E-state index contributed by atoms with van der Waals surface area (Å²) in [7, 11) is 1.28. The Kier molecular flexibility index (Phi) is 5.58. The van der Waals surface area contributed by atoms with Crippen LogP contribution in [0.25, 0.3) is 16.8 Å². The summed E-state index contributed by atoms with van der Waals surface area (Å²) in [5.41, 5.74) is 0.823. The second-order valence-corrected chi connectivity index (χ2v) is 7.15. The minimum Gasteiger partial charge on any atom is -0.493 e. The van der Waals surface area contributed by atoms with Crippen molar-refractivity contribution in [2.75, 3.05) is 20.3 Å². The van der Waals surface area contributed by atoms with E-state index in [1.165, 1.54) is 23.8 Å². The van der Waals surface area contributed by atoms with Crippen LogP contribution in [0.4, 0.5) is 0 Å². The van der Waals surface area contributed by atoms with Crippen molar-refractivity contribution in [1.82, 2.24) is 4.90 Å². The highest BCUT2D eigenvalue weighted by Gasteiger charge is 2.34. The number of benzene rings is 2. The maximum Gasteiger partial charge on any atom is 0.325 e. The largest absolute Gasteiger partial charge is 0.493 e. The van der Waals surface area contributed by atoms with Gasteiger partial charge in [-0.05, 0) is 29.8 Å². The molecule has 0 saturated carbocycles. The van der Waals surface area contributed by atoms with Gasteiger partial charge in [-0.15, -0.1) is 0 Å². The van der Waals surface area contributed by atoms with Crippen LogP contribution >= 0.6 is 24.0 Å². The Bertz CT molecular complexity index is 923. The molecule has 2 aromatic carbocycles. The Hall–Kier alpha value is -2.38. The van der Waals surface area contributed by atoms with Crippen molar-refractivity contribution in [2.45, 2.75) is 6.92 Å². The van der Waals surface area contributed by atoms with Gasteiger partial charge < -0.3 is 9.47 Å². The van der Waals surface area contributed by atoms with Gasteiger partial charge in [-0.3, -0.25) is 14.5 Å². The van der Waals surface area contributed by atoms with E-state index in [-0.39, 0.29) is 12.5 Å². The molecule has 0 aliphatic carbocycles. The van der Waals surface area contributed by atoms with E-state index >= 15 is 0 Å². The van der Waals surface area contributed by atoms with Gasteiger partial charge >= 0.3 is 5.97 Å². The number of fused-ring (bicyclic) bond motifs is 1. The Balaban J connectivity index is 2.04. The van der Waals surface area contributed by atoms with Crippen LogP contribution in [0.5, 0.6) is 5.75 Å². The number of thiocarbonyl (C=S) groups is 1. The number of amides is 1. The highest BCUT2D eigenvalue weighted by molar-refractivity contribution is 8.26. The first kappa shape index (κ1) is 18.4. The van der Waals surface area contributed by atoms with Gasteiger partial charge in [0.2, 0.25) is 0 Å². The first-order chi connectivity index (χ1) is 12.5. The molecule has 1 heterocycles. The van der Waals surface area contributed by atoms with Crippen LogP contribution in [0.2, 0.25) is 0 Å². The van der Waals surface area contributed by atoms with E-state index in [1.807, 2.05) is 43.3 Å². The lowest BCUT2D eigenvalue weighted by Crippen LogP contribution is -2.33. The number of carbonyl (C=O) groups excluding carboxylic acids is 2. The van der Waals surface area contributed by atoms with Gasteiger partial charge in [0.25, 0.3) is 5.91 Å². The second kappa shape index (κ2) is 7.88. The van der Waals surface area contributed by atoms with Crippen molar-refractivity contribution in [1.29, 1.82) is 0 Å². The number of hydrogen-bond donors (Lipinski definition) is 0. The molecule has 0 bridgehead atoms. The minimum absolute atomic E-state index is 0.188. The smallest absolute Gasteiger partial charge is 0.325 e. The number of esters is 1. The van der Waals surface area contributed by atoms with Crippen LogP contribution in [0.3, 0.4) is 0 Å². The number of carbonyl (C=O) groups is 2. The molecule has 0 unspecified atom stereocenters. The minimum atomic E-state index is -0.511. The highest BCUT2D eigenvalue weighted by Crippen LogP contribution is 2.36. The zero-order valence-electron chi connectivity index (χ0n) is 14.4. The number of ether oxygens (including phenoxy) is 2. The standard InChI is InChI=1S/C19H17NO4S2/c1-3-24-15-9-8-12-6-4-5-7-13(12)14(15)10-16-18(22)20(19(25)26-16)11-17(21)23-2/h4-10H,3,11H2,1-2H3/b16-10-. The average Bonchev–Trinajstić information content (AvgIpc) is 2.91. The normalized spacial score (nSPS) is 15.8. The van der Waals surface area contributed by atoms with Crippen LogP contribution in [0, 0.1) is 0 Å². The van der Waals surface area contributed by atoms with Crippen LogP contribution in [0.1, 0.15) is 12.5 Å². The van der Waals surface area contributed by atoms with Crippen molar-refractivity contribution >= 4 is 57.0 Å². The van der Waals surface area contributed by atoms with E-state index in [9.17, 15) is 9.59 Å². The van der Waals surface area contributed by atoms with Gasteiger partial charge in [-0.2, -0.15) is 0 Å². The fraction of sp³-hybridized carbons (Fsp3) is 0.211. The first-order valence-electron chi connectivity index (χ1n) is 8.02. The van der Waals surface area contributed by atoms with Gasteiger partial charge in [-0.25, -0.2) is 0 Å². The predicted molar refractivity (Wildman–Crippen MR) is 107 cm³/mol. The lowest BCUT2D eigenvalue weighted by Gasteiger charge is -2.12. The molecule has 5 nitrogen and oxygen atoms in total. The molecule has 1 aliphatic rings. The van der Waals surface area contributed by atoms with Crippen molar-refractivity contribution in [3.8, 4) is 5.75 Å². The van der Waals surface area contributed by atoms with E-state index in [0.717, 1.165) is 16.3 Å². The molecule has 7 heteroatoms. The Morgan fingerprint density at radius 2 is 2.04 bits per heavy atom. The molecule has 3 rings (SSSR count). The molecule has 1 aliphatic heterocycles. The summed E-state index contributed by atoms with van der Waals surface area (Å²) in [4.78, 5) is 25.9. The number of methoxy groups -OCH3 is 1. The summed E-state index contributed by atoms with van der Waals surface area (Å²) in [6.07, 6.45) is 1.78. The third kappa shape index (κ3) is 3.59. The monoisotopic (exact) mass is 387 g/mol. The molecule has 1 saturated heterocycles. The molecule has 0 radical (unpaired) electrons. The Morgan fingerprint density at radius 3 is 2.77 bits per heavy atom. The highest BCUT2D eigenvalue weighted by atomic mass is 32.2. The number of hydrogen-bond acceptors (Lipinski definition) is 6. The van der Waals surface area contributed by atoms with Crippen LogP contribution < -0.4 is 4.74 Å². The van der Waals surface area contributed by atoms with E-state index in [1.54, 1.807) is 6.08 Å². The molecule has 0 N–H and O–H groups in total. The summed E-state index contributed by atoms with van der Waals surface area (Å²) in [6.45, 7) is 2.24. The summed E-state index contributed by atoms with van der Waals surface area (Å²) >= 11 is 6.42. The molecule has 2 aromatic rings. The second-order valence-electron chi connectivity index (χ2n) is 5.48. The van der Waals surface area contributed by atoms with Crippen molar-refractivity contribution in [3.63, 3.8) is 0 Å². The molecular weight excluding hydrogens is 370 g/mol. The molecule has 134 valence electrons. The molecule has 0 atom stereocenters. The fourth-order valence-corrected chi connectivity index (χ4v) is 3.90. The van der Waals surface area contributed by atoms with Gasteiger partial charge in [-0.1, -0.05) is 54.3 Å². The molecular formula is C19H17NO4S2. The van der Waals surface area contributed by atoms with E-state index in [4.69, 9.17) is 17.0 Å². The van der Waals surface area contributed by atoms with Gasteiger partial charge in [0.15, 0.2) is 0 Å². The molecule has 26 heavy (non-hydrogen) atoms. The maximum absolute atomic E-state index is 12.7. The van der Waals surface area contributed by atoms with E-state index < -0.39 is 5.97 Å². The molecule has 0 aromatic heterocycles. The average molecular weight is 387 g/mol. The van der Waals surface area contributed by atoms with E-state index in [0.29, 0.717) is 21.6 Å². The SMILES string of the molecule is CCOc1ccc2ccccc2c1/C=C1\SC(=S)N(CC(=O)OC)C1=O. The molecule has 1 fully saturated rings. The predicted octanol–water partition coefficient (Wildman–Crippen LogP) is 3.61. The number of nitrogens with zero attached hydrogens (tertiary/aromatic N) is 1. The zero-order valence-corrected chi connectivity index (χ0v) is 16.0. The number of thioether (sulfide) groups is 1. The Morgan fingerprint density at radius 1 is 1.27 bits per heavy atom. The van der Waals surface area contributed by atoms with E-state index in [2.05, 4.69) is 4.74 Å². The van der Waals surface area contributed by atoms with Crippen LogP contribution in [0.15, 0.2) is 41.3 Å². The van der Waals surface area contributed by atoms with Crippen LogP contribution in [-0.4, -0.2) is 41.4 Å². The number of rotatable bonds is 5. The summed E-state index contributed by atoms with van der Waals surface area (Å²) in [5, 5.41) is 2.03. The van der Waals surface area contributed by atoms with Gasteiger partial charge in [0.1, 0.15) is 16.6 Å². The lowest BCUT2D eigenvalue weighted by molar-refractivity contribution is -0.143.